The van der Waals surface area contributed by atoms with Crippen LogP contribution in [0.4, 0.5) is 13.2 Å². The van der Waals surface area contributed by atoms with Crippen LogP contribution in [-0.4, -0.2) is 27.6 Å². The molecule has 4 nitrogen and oxygen atoms in total. The standard InChI is InChI=1S/C16H16F3N3O/c1-21(15(23)8-5-13-9-20-22(2)11-13)10-12-3-6-14(7-4-12)16(17,18)19/h3-9,11H,10H2,1-2H3/b8-5+. The van der Waals surface area contributed by atoms with Crippen LogP contribution in [0.15, 0.2) is 42.7 Å². The largest absolute Gasteiger partial charge is 0.416 e. The molecular weight excluding hydrogens is 307 g/mol. The monoisotopic (exact) mass is 323 g/mol. The molecule has 2 rings (SSSR count). The number of hydrogen-bond donors (Lipinski definition) is 0. The lowest BCUT2D eigenvalue weighted by Crippen LogP contribution is -2.24. The van der Waals surface area contributed by atoms with E-state index in [9.17, 15) is 18.0 Å². The van der Waals surface area contributed by atoms with E-state index in [1.807, 2.05) is 0 Å². The maximum absolute atomic E-state index is 12.5. The lowest BCUT2D eigenvalue weighted by Gasteiger charge is -2.15. The summed E-state index contributed by atoms with van der Waals surface area (Å²) in [5.41, 5.74) is 0.721. The maximum atomic E-state index is 12.5. The first-order valence-corrected chi connectivity index (χ1v) is 6.83. The predicted molar refractivity (Wildman–Crippen MR) is 80.2 cm³/mol. The molecule has 23 heavy (non-hydrogen) atoms. The van der Waals surface area contributed by atoms with Crippen molar-refractivity contribution in [2.45, 2.75) is 12.7 Å². The van der Waals surface area contributed by atoms with Crippen LogP contribution in [0.1, 0.15) is 16.7 Å². The Morgan fingerprint density at radius 1 is 1.30 bits per heavy atom. The Kier molecular flexibility index (Phi) is 4.88. The van der Waals surface area contributed by atoms with Gasteiger partial charge in [-0.15, -0.1) is 0 Å². The molecular formula is C16H16F3N3O. The number of carbonyl (C=O) groups excluding carboxylic acids is 1. The molecule has 0 aliphatic rings. The van der Waals surface area contributed by atoms with E-state index in [1.165, 1.54) is 23.1 Å². The van der Waals surface area contributed by atoms with Crippen molar-refractivity contribution in [2.75, 3.05) is 7.05 Å². The number of benzene rings is 1. The van der Waals surface area contributed by atoms with Crippen molar-refractivity contribution in [3.63, 3.8) is 0 Å². The first-order valence-electron chi connectivity index (χ1n) is 6.83. The second-order valence-electron chi connectivity index (χ2n) is 5.17. The third kappa shape index (κ3) is 4.70. The molecule has 122 valence electrons. The van der Waals surface area contributed by atoms with Crippen LogP contribution in [0.2, 0.25) is 0 Å². The Labute approximate surface area is 131 Å². The molecule has 0 radical (unpaired) electrons. The highest BCUT2D eigenvalue weighted by Gasteiger charge is 2.29. The van der Waals surface area contributed by atoms with E-state index in [4.69, 9.17) is 0 Å². The summed E-state index contributed by atoms with van der Waals surface area (Å²) in [6.45, 7) is 0.231. The Morgan fingerprint density at radius 3 is 2.48 bits per heavy atom. The zero-order valence-corrected chi connectivity index (χ0v) is 12.7. The van der Waals surface area contributed by atoms with Crippen molar-refractivity contribution in [2.24, 2.45) is 7.05 Å². The highest BCUT2D eigenvalue weighted by molar-refractivity contribution is 5.91. The van der Waals surface area contributed by atoms with Crippen LogP contribution in [0, 0.1) is 0 Å². The zero-order chi connectivity index (χ0) is 17.0. The molecule has 7 heteroatoms. The molecule has 1 aromatic heterocycles. The summed E-state index contributed by atoms with van der Waals surface area (Å²) in [5, 5.41) is 3.98. The van der Waals surface area contributed by atoms with Crippen molar-refractivity contribution in [3.05, 3.63) is 59.4 Å². The normalized spacial score (nSPS) is 11.9. The molecule has 0 N–H and O–H groups in total. The van der Waals surface area contributed by atoms with Crippen LogP contribution >= 0.6 is 0 Å². The summed E-state index contributed by atoms with van der Waals surface area (Å²) in [6, 6.07) is 4.77. The number of nitrogens with zero attached hydrogens (tertiary/aromatic N) is 3. The van der Waals surface area contributed by atoms with E-state index in [-0.39, 0.29) is 12.5 Å². The Bertz CT molecular complexity index is 702. The maximum Gasteiger partial charge on any atom is 0.416 e. The summed E-state index contributed by atoms with van der Waals surface area (Å²) < 4.78 is 39.1. The second-order valence-corrected chi connectivity index (χ2v) is 5.17. The lowest BCUT2D eigenvalue weighted by molar-refractivity contribution is -0.137. The lowest BCUT2D eigenvalue weighted by atomic mass is 10.1. The van der Waals surface area contributed by atoms with Gasteiger partial charge in [-0.1, -0.05) is 12.1 Å². The zero-order valence-electron chi connectivity index (χ0n) is 12.7. The number of hydrogen-bond acceptors (Lipinski definition) is 2. The number of amides is 1. The minimum absolute atomic E-state index is 0.231. The van der Waals surface area contributed by atoms with Crippen molar-refractivity contribution in [1.82, 2.24) is 14.7 Å². The van der Waals surface area contributed by atoms with Crippen LogP contribution in [0.3, 0.4) is 0 Å². The number of halogens is 3. The average Bonchev–Trinajstić information content (AvgIpc) is 2.90. The topological polar surface area (TPSA) is 38.1 Å². The van der Waals surface area contributed by atoms with Crippen molar-refractivity contribution in [1.29, 1.82) is 0 Å². The predicted octanol–water partition coefficient (Wildman–Crippen LogP) is 3.11. The van der Waals surface area contributed by atoms with Crippen LogP contribution in [0.25, 0.3) is 6.08 Å². The molecule has 0 fully saturated rings. The summed E-state index contributed by atoms with van der Waals surface area (Å²) >= 11 is 0. The number of aromatic nitrogens is 2. The summed E-state index contributed by atoms with van der Waals surface area (Å²) in [4.78, 5) is 13.4. The van der Waals surface area contributed by atoms with Crippen molar-refractivity contribution < 1.29 is 18.0 Å². The highest BCUT2D eigenvalue weighted by atomic mass is 19.4. The minimum Gasteiger partial charge on any atom is -0.338 e. The Hall–Kier alpha value is -2.57. The van der Waals surface area contributed by atoms with Gasteiger partial charge in [-0.2, -0.15) is 18.3 Å². The summed E-state index contributed by atoms with van der Waals surface area (Å²) in [5.74, 6) is -0.242. The van der Waals surface area contributed by atoms with Gasteiger partial charge in [0.15, 0.2) is 0 Å². The third-order valence-corrected chi connectivity index (χ3v) is 3.22. The first kappa shape index (κ1) is 16.8. The fraction of sp³-hybridized carbons (Fsp3) is 0.250. The number of carbonyl (C=O) groups is 1. The van der Waals surface area contributed by atoms with Gasteiger partial charge in [-0.25, -0.2) is 0 Å². The number of likely N-dealkylation sites (N-methyl/N-ethyl adjacent to an activating group) is 1. The van der Waals surface area contributed by atoms with E-state index >= 15 is 0 Å². The van der Waals surface area contributed by atoms with Gasteiger partial charge in [0.05, 0.1) is 11.8 Å². The van der Waals surface area contributed by atoms with Gasteiger partial charge < -0.3 is 4.90 Å². The summed E-state index contributed by atoms with van der Waals surface area (Å²) in [6.07, 6.45) is 2.08. The van der Waals surface area contributed by atoms with E-state index in [0.717, 1.165) is 17.7 Å². The quantitative estimate of drug-likeness (QED) is 0.811. The smallest absolute Gasteiger partial charge is 0.338 e. The van der Waals surface area contributed by atoms with Gasteiger partial charge in [0, 0.05) is 38.5 Å². The number of alkyl halides is 3. The van der Waals surface area contributed by atoms with Crippen LogP contribution in [0.5, 0.6) is 0 Å². The van der Waals surface area contributed by atoms with Gasteiger partial charge in [-0.3, -0.25) is 9.48 Å². The Morgan fingerprint density at radius 2 is 1.96 bits per heavy atom. The van der Waals surface area contributed by atoms with Crippen LogP contribution < -0.4 is 0 Å². The van der Waals surface area contributed by atoms with Crippen LogP contribution in [-0.2, 0) is 24.6 Å². The van der Waals surface area contributed by atoms with Gasteiger partial charge >= 0.3 is 6.18 Å². The number of aryl methyl sites for hydroxylation is 1. The van der Waals surface area contributed by atoms with Gasteiger partial charge in [0.2, 0.25) is 5.91 Å². The van der Waals surface area contributed by atoms with Crippen molar-refractivity contribution in [3.8, 4) is 0 Å². The van der Waals surface area contributed by atoms with Gasteiger partial charge in [0.25, 0.3) is 0 Å². The van der Waals surface area contributed by atoms with Gasteiger partial charge in [0.1, 0.15) is 0 Å². The molecule has 0 saturated carbocycles. The highest BCUT2D eigenvalue weighted by Crippen LogP contribution is 2.29. The van der Waals surface area contributed by atoms with E-state index < -0.39 is 11.7 Å². The molecule has 0 aliphatic heterocycles. The molecule has 0 bridgehead atoms. The summed E-state index contributed by atoms with van der Waals surface area (Å²) in [7, 11) is 3.36. The second kappa shape index (κ2) is 6.68. The SMILES string of the molecule is CN(Cc1ccc(C(F)(F)F)cc1)C(=O)/C=C/c1cnn(C)c1. The minimum atomic E-state index is -4.35. The molecule has 1 aromatic carbocycles. The fourth-order valence-electron chi connectivity index (χ4n) is 1.97. The van der Waals surface area contributed by atoms with E-state index in [0.29, 0.717) is 5.56 Å². The number of rotatable bonds is 4. The molecule has 2 aromatic rings. The molecule has 1 amide bonds. The van der Waals surface area contributed by atoms with E-state index in [2.05, 4.69) is 5.10 Å². The molecule has 0 aliphatic carbocycles. The molecule has 1 heterocycles. The first-order chi connectivity index (χ1) is 10.8. The molecule has 0 saturated heterocycles. The molecule has 0 atom stereocenters. The molecule has 0 spiro atoms. The van der Waals surface area contributed by atoms with Crippen molar-refractivity contribution >= 4 is 12.0 Å². The third-order valence-electron chi connectivity index (χ3n) is 3.22. The Balaban J connectivity index is 1.96. The fourth-order valence-corrected chi connectivity index (χ4v) is 1.97. The molecule has 0 unspecified atom stereocenters. The van der Waals surface area contributed by atoms with E-state index in [1.54, 1.807) is 37.2 Å². The average molecular weight is 323 g/mol. The van der Waals surface area contributed by atoms with Gasteiger partial charge in [-0.05, 0) is 23.8 Å².